The highest BCUT2D eigenvalue weighted by molar-refractivity contribution is 5.71. The van der Waals surface area contributed by atoms with Crippen molar-refractivity contribution in [3.63, 3.8) is 0 Å². The predicted octanol–water partition coefficient (Wildman–Crippen LogP) is 6.58. The largest absolute Gasteiger partial charge is 0.508 e. The van der Waals surface area contributed by atoms with Crippen LogP contribution in [-0.2, 0) is 16.9 Å². The van der Waals surface area contributed by atoms with Crippen molar-refractivity contribution in [2.75, 3.05) is 0 Å². The van der Waals surface area contributed by atoms with Crippen LogP contribution >= 0.6 is 0 Å². The van der Waals surface area contributed by atoms with E-state index in [0.717, 1.165) is 56.1 Å². The Bertz CT molecular complexity index is 1210. The van der Waals surface area contributed by atoms with Gasteiger partial charge in [0.15, 0.2) is 0 Å². The average molecular weight is 445 g/mol. The highest BCUT2D eigenvalue weighted by atomic mass is 16.6. The van der Waals surface area contributed by atoms with E-state index in [2.05, 4.69) is 16.8 Å². The lowest BCUT2D eigenvalue weighted by molar-refractivity contribution is -0.384. The van der Waals surface area contributed by atoms with E-state index in [0.29, 0.717) is 0 Å². The second-order valence-electron chi connectivity index (χ2n) is 9.72. The van der Waals surface area contributed by atoms with Crippen LogP contribution in [0.3, 0.4) is 0 Å². The average Bonchev–Trinajstić information content (AvgIpc) is 3.24. The van der Waals surface area contributed by atoms with Crippen LogP contribution in [0, 0.1) is 10.1 Å². The van der Waals surface area contributed by atoms with E-state index in [1.165, 1.54) is 23.2 Å². The molecule has 2 atom stereocenters. The normalized spacial score (nSPS) is 23.3. The van der Waals surface area contributed by atoms with Crippen molar-refractivity contribution in [1.82, 2.24) is 4.57 Å². The van der Waals surface area contributed by atoms with Gasteiger partial charge in [-0.1, -0.05) is 18.6 Å². The Morgan fingerprint density at radius 2 is 1.85 bits per heavy atom. The molecule has 1 fully saturated rings. The SMILES string of the molecule is O=[N+]([O-])c1ccc(C2OC3(CCCCC3)n3cc(-c4cccc(O)c4)c4c3C2CCC4)cc1. The van der Waals surface area contributed by atoms with Crippen molar-refractivity contribution in [2.45, 2.75) is 69.1 Å². The zero-order chi connectivity index (χ0) is 22.6. The summed E-state index contributed by atoms with van der Waals surface area (Å²) in [5.74, 6) is 0.498. The molecule has 0 saturated heterocycles. The summed E-state index contributed by atoms with van der Waals surface area (Å²) in [5, 5.41) is 21.3. The van der Waals surface area contributed by atoms with Crippen LogP contribution in [0.1, 0.15) is 73.8 Å². The molecule has 2 aliphatic carbocycles. The molecule has 2 aromatic carbocycles. The Labute approximate surface area is 193 Å². The lowest BCUT2D eigenvalue weighted by atomic mass is 9.77. The summed E-state index contributed by atoms with van der Waals surface area (Å²) >= 11 is 0. The number of phenols is 1. The molecule has 170 valence electrons. The van der Waals surface area contributed by atoms with Crippen LogP contribution in [-0.4, -0.2) is 14.6 Å². The highest BCUT2D eigenvalue weighted by Gasteiger charge is 2.49. The minimum atomic E-state index is -0.377. The second kappa shape index (κ2) is 7.73. The quantitative estimate of drug-likeness (QED) is 0.366. The van der Waals surface area contributed by atoms with Crippen LogP contribution < -0.4 is 0 Å². The molecule has 2 unspecified atom stereocenters. The maximum Gasteiger partial charge on any atom is 0.269 e. The molecule has 0 radical (unpaired) electrons. The molecule has 1 spiro atoms. The molecule has 3 aromatic rings. The number of hydrogen-bond donors (Lipinski definition) is 1. The maximum atomic E-state index is 11.2. The van der Waals surface area contributed by atoms with Crippen molar-refractivity contribution in [3.05, 3.63) is 81.7 Å². The van der Waals surface area contributed by atoms with Gasteiger partial charge in [0.05, 0.1) is 11.0 Å². The van der Waals surface area contributed by atoms with E-state index >= 15 is 0 Å². The first kappa shape index (κ1) is 20.5. The first-order valence-corrected chi connectivity index (χ1v) is 12.0. The fraction of sp³-hybridized carbons (Fsp3) is 0.407. The minimum Gasteiger partial charge on any atom is -0.508 e. The number of hydrogen-bond acceptors (Lipinski definition) is 4. The van der Waals surface area contributed by atoms with E-state index in [-0.39, 0.29) is 34.1 Å². The summed E-state index contributed by atoms with van der Waals surface area (Å²) in [7, 11) is 0. The fourth-order valence-electron chi connectivity index (χ4n) is 6.34. The molecule has 6 rings (SSSR count). The summed E-state index contributed by atoms with van der Waals surface area (Å²) in [6, 6.07) is 14.5. The number of aromatic nitrogens is 1. The predicted molar refractivity (Wildman–Crippen MR) is 125 cm³/mol. The van der Waals surface area contributed by atoms with Crippen molar-refractivity contribution in [3.8, 4) is 16.9 Å². The molecule has 33 heavy (non-hydrogen) atoms. The number of rotatable bonds is 3. The maximum absolute atomic E-state index is 11.2. The third-order valence-corrected chi connectivity index (χ3v) is 7.82. The van der Waals surface area contributed by atoms with Crippen molar-refractivity contribution < 1.29 is 14.8 Å². The van der Waals surface area contributed by atoms with E-state index in [9.17, 15) is 15.2 Å². The summed E-state index contributed by atoms with van der Waals surface area (Å²) in [6.45, 7) is 0. The van der Waals surface area contributed by atoms with Crippen LogP contribution in [0.2, 0.25) is 0 Å². The molecular formula is C27H28N2O4. The Hall–Kier alpha value is -3.12. The van der Waals surface area contributed by atoms with Crippen LogP contribution in [0.15, 0.2) is 54.7 Å². The zero-order valence-corrected chi connectivity index (χ0v) is 18.6. The monoisotopic (exact) mass is 444 g/mol. The van der Waals surface area contributed by atoms with Gasteiger partial charge in [-0.2, -0.15) is 0 Å². The van der Waals surface area contributed by atoms with Crippen molar-refractivity contribution >= 4 is 5.69 Å². The smallest absolute Gasteiger partial charge is 0.269 e. The number of phenolic OH excluding ortho intramolecular Hbond substituents is 1. The molecule has 0 amide bonds. The molecular weight excluding hydrogens is 416 g/mol. The summed E-state index contributed by atoms with van der Waals surface area (Å²) in [5.41, 5.74) is 5.75. The molecule has 1 aliphatic heterocycles. The Morgan fingerprint density at radius 3 is 2.58 bits per heavy atom. The van der Waals surface area contributed by atoms with Gasteiger partial charge in [-0.15, -0.1) is 0 Å². The van der Waals surface area contributed by atoms with Gasteiger partial charge in [-0.3, -0.25) is 10.1 Å². The van der Waals surface area contributed by atoms with Gasteiger partial charge < -0.3 is 14.4 Å². The molecule has 6 nitrogen and oxygen atoms in total. The summed E-state index contributed by atoms with van der Waals surface area (Å²) in [4.78, 5) is 10.8. The van der Waals surface area contributed by atoms with Gasteiger partial charge in [0.1, 0.15) is 11.5 Å². The number of non-ortho nitro benzene ring substituents is 1. The van der Waals surface area contributed by atoms with E-state index in [1.54, 1.807) is 18.2 Å². The van der Waals surface area contributed by atoms with Crippen LogP contribution in [0.5, 0.6) is 5.75 Å². The number of fused-ring (bicyclic) bond motifs is 1. The first-order chi connectivity index (χ1) is 16.1. The van der Waals surface area contributed by atoms with Crippen molar-refractivity contribution in [1.29, 1.82) is 0 Å². The van der Waals surface area contributed by atoms with E-state index < -0.39 is 0 Å². The summed E-state index contributed by atoms with van der Waals surface area (Å²) < 4.78 is 9.47. The molecule has 0 bridgehead atoms. The summed E-state index contributed by atoms with van der Waals surface area (Å²) in [6.07, 6.45) is 10.7. The third-order valence-electron chi connectivity index (χ3n) is 7.82. The number of nitrogens with zero attached hydrogens (tertiary/aromatic N) is 2. The van der Waals surface area contributed by atoms with Gasteiger partial charge in [0.25, 0.3) is 5.69 Å². The lowest BCUT2D eigenvalue weighted by Gasteiger charge is -2.50. The molecule has 3 aliphatic rings. The van der Waals surface area contributed by atoms with Gasteiger partial charge >= 0.3 is 0 Å². The van der Waals surface area contributed by atoms with Crippen molar-refractivity contribution in [2.24, 2.45) is 0 Å². The molecule has 1 saturated carbocycles. The first-order valence-electron chi connectivity index (χ1n) is 12.0. The minimum absolute atomic E-state index is 0.109. The Balaban J connectivity index is 1.52. The third kappa shape index (κ3) is 3.27. The number of nitro benzene ring substituents is 1. The van der Waals surface area contributed by atoms with Crippen LogP contribution in [0.4, 0.5) is 5.69 Å². The molecule has 1 N–H and O–H groups in total. The number of aromatic hydroxyl groups is 1. The van der Waals surface area contributed by atoms with Gasteiger partial charge in [-0.25, -0.2) is 0 Å². The van der Waals surface area contributed by atoms with E-state index in [4.69, 9.17) is 4.74 Å². The number of ether oxygens (including phenoxy) is 1. The zero-order valence-electron chi connectivity index (χ0n) is 18.6. The van der Waals surface area contributed by atoms with Gasteiger partial charge in [0, 0.05) is 35.5 Å². The molecule has 2 heterocycles. The number of benzene rings is 2. The number of nitro groups is 1. The van der Waals surface area contributed by atoms with Gasteiger partial charge in [0.2, 0.25) is 0 Å². The standard InChI is InChI=1S/C27H28N2O4/c30-21-7-4-6-19(16-21)24-17-28-25-22(24)8-5-9-23(25)26(33-27(28)14-2-1-3-15-27)18-10-12-20(13-11-18)29(31)32/h4,6-7,10-13,16-17,23,26,30H,1-3,5,8-9,14-15H2. The lowest BCUT2D eigenvalue weighted by Crippen LogP contribution is -2.46. The molecule has 6 heteroatoms. The topological polar surface area (TPSA) is 77.5 Å². The Morgan fingerprint density at radius 1 is 1.06 bits per heavy atom. The van der Waals surface area contributed by atoms with Crippen LogP contribution in [0.25, 0.3) is 11.1 Å². The van der Waals surface area contributed by atoms with Gasteiger partial charge in [-0.05, 0) is 85.9 Å². The highest BCUT2D eigenvalue weighted by Crippen LogP contribution is 2.56. The van der Waals surface area contributed by atoms with E-state index in [1.807, 2.05) is 24.3 Å². The Kier molecular flexibility index (Phi) is 4.80. The second-order valence-corrected chi connectivity index (χ2v) is 9.72. The molecule has 1 aromatic heterocycles. The fourth-order valence-corrected chi connectivity index (χ4v) is 6.34.